The van der Waals surface area contributed by atoms with Crippen molar-refractivity contribution in [2.45, 2.75) is 19.5 Å². The molecule has 0 aliphatic rings. The molecule has 0 spiro atoms. The summed E-state index contributed by atoms with van der Waals surface area (Å²) >= 11 is 5.85. The van der Waals surface area contributed by atoms with Crippen molar-refractivity contribution >= 4 is 23.6 Å². The van der Waals surface area contributed by atoms with E-state index in [9.17, 15) is 9.59 Å². The summed E-state index contributed by atoms with van der Waals surface area (Å²) in [7, 11) is 1.34. The zero-order valence-corrected chi connectivity index (χ0v) is 14.3. The summed E-state index contributed by atoms with van der Waals surface area (Å²) in [6, 6.07) is 13.8. The molecule has 2 aromatic rings. The van der Waals surface area contributed by atoms with Gasteiger partial charge in [-0.2, -0.15) is 0 Å². The Hall–Kier alpha value is -2.53. The highest BCUT2D eigenvalue weighted by atomic mass is 35.5. The minimum atomic E-state index is -0.385. The predicted molar refractivity (Wildman–Crippen MR) is 93.0 cm³/mol. The molecule has 1 unspecified atom stereocenters. The van der Waals surface area contributed by atoms with E-state index in [-0.39, 0.29) is 18.0 Å². The molecule has 5 nitrogen and oxygen atoms in total. The zero-order chi connectivity index (χ0) is 17.5. The molecule has 0 bridgehead atoms. The Kier molecular flexibility index (Phi) is 6.21. The van der Waals surface area contributed by atoms with Crippen LogP contribution in [0.25, 0.3) is 0 Å². The molecular formula is C18H19ClN2O3. The summed E-state index contributed by atoms with van der Waals surface area (Å²) in [4.78, 5) is 23.3. The van der Waals surface area contributed by atoms with Gasteiger partial charge in [0.2, 0.25) is 0 Å². The predicted octanol–water partition coefficient (Wildman–Crippen LogP) is 3.69. The van der Waals surface area contributed by atoms with Gasteiger partial charge in [-0.25, -0.2) is 9.59 Å². The summed E-state index contributed by atoms with van der Waals surface area (Å²) in [6.45, 7) is 2.26. The first-order chi connectivity index (χ1) is 11.5. The number of nitrogens with one attached hydrogen (secondary N) is 2. The lowest BCUT2D eigenvalue weighted by molar-refractivity contribution is 0.0600. The largest absolute Gasteiger partial charge is 0.465 e. The number of amides is 2. The molecule has 2 amide bonds. The van der Waals surface area contributed by atoms with Crippen LogP contribution >= 0.6 is 11.6 Å². The molecule has 0 aromatic heterocycles. The van der Waals surface area contributed by atoms with Crippen LogP contribution in [0.2, 0.25) is 5.02 Å². The summed E-state index contributed by atoms with van der Waals surface area (Å²) in [5.74, 6) is -0.385. The van der Waals surface area contributed by atoms with Gasteiger partial charge in [-0.05, 0) is 42.3 Å². The number of hydrogen-bond acceptors (Lipinski definition) is 3. The van der Waals surface area contributed by atoms with Gasteiger partial charge in [0.05, 0.1) is 18.7 Å². The summed E-state index contributed by atoms with van der Waals surface area (Å²) in [5.41, 5.74) is 2.33. The van der Waals surface area contributed by atoms with E-state index >= 15 is 0 Å². The van der Waals surface area contributed by atoms with E-state index in [0.29, 0.717) is 17.1 Å². The molecular weight excluding hydrogens is 328 g/mol. The van der Waals surface area contributed by atoms with Crippen LogP contribution in [0.15, 0.2) is 48.5 Å². The number of esters is 1. The number of benzene rings is 2. The Labute approximate surface area is 146 Å². The van der Waals surface area contributed by atoms with E-state index in [1.165, 1.54) is 7.11 Å². The van der Waals surface area contributed by atoms with Crippen molar-refractivity contribution in [1.82, 2.24) is 10.6 Å². The Morgan fingerprint density at radius 1 is 1.08 bits per heavy atom. The quantitative estimate of drug-likeness (QED) is 0.811. The van der Waals surface area contributed by atoms with Crippen molar-refractivity contribution in [3.63, 3.8) is 0 Å². The summed E-state index contributed by atoms with van der Waals surface area (Å²) in [5, 5.41) is 6.30. The zero-order valence-electron chi connectivity index (χ0n) is 13.5. The average Bonchev–Trinajstić information content (AvgIpc) is 2.60. The van der Waals surface area contributed by atoms with Gasteiger partial charge in [0.15, 0.2) is 0 Å². The van der Waals surface area contributed by atoms with Crippen LogP contribution in [0.3, 0.4) is 0 Å². The van der Waals surface area contributed by atoms with E-state index < -0.39 is 0 Å². The van der Waals surface area contributed by atoms with Crippen LogP contribution in [0.5, 0.6) is 0 Å². The van der Waals surface area contributed by atoms with Crippen LogP contribution in [0.4, 0.5) is 4.79 Å². The molecule has 0 heterocycles. The van der Waals surface area contributed by atoms with Crippen LogP contribution in [-0.4, -0.2) is 19.1 Å². The lowest BCUT2D eigenvalue weighted by Crippen LogP contribution is -2.36. The molecule has 1 atom stereocenters. The highest BCUT2D eigenvalue weighted by Crippen LogP contribution is 2.15. The molecule has 0 saturated carbocycles. The van der Waals surface area contributed by atoms with Crippen molar-refractivity contribution in [3.05, 3.63) is 70.2 Å². The fourth-order valence-electron chi connectivity index (χ4n) is 2.14. The molecule has 2 aromatic carbocycles. The molecule has 0 aliphatic heterocycles. The van der Waals surface area contributed by atoms with E-state index in [1.807, 2.05) is 19.1 Å². The number of halogens is 1. The monoisotopic (exact) mass is 346 g/mol. The van der Waals surface area contributed by atoms with Crippen molar-refractivity contribution in [2.24, 2.45) is 0 Å². The van der Waals surface area contributed by atoms with Crippen LogP contribution in [-0.2, 0) is 11.3 Å². The second-order valence-electron chi connectivity index (χ2n) is 5.29. The Bertz CT molecular complexity index is 699. The van der Waals surface area contributed by atoms with Crippen molar-refractivity contribution in [2.75, 3.05) is 7.11 Å². The van der Waals surface area contributed by atoms with Crippen LogP contribution in [0.1, 0.15) is 34.5 Å². The Balaban J connectivity index is 1.84. The second-order valence-corrected chi connectivity index (χ2v) is 5.73. The molecule has 2 rings (SSSR count). The average molecular weight is 347 g/mol. The number of carbonyl (C=O) groups excluding carboxylic acids is 2. The first-order valence-electron chi connectivity index (χ1n) is 7.46. The van der Waals surface area contributed by atoms with Gasteiger partial charge in [0, 0.05) is 11.6 Å². The lowest BCUT2D eigenvalue weighted by Gasteiger charge is -2.15. The third-order valence-electron chi connectivity index (χ3n) is 3.55. The highest BCUT2D eigenvalue weighted by molar-refractivity contribution is 6.30. The Morgan fingerprint density at radius 3 is 2.29 bits per heavy atom. The topological polar surface area (TPSA) is 67.4 Å². The molecule has 0 radical (unpaired) electrons. The molecule has 0 saturated heterocycles. The van der Waals surface area contributed by atoms with Gasteiger partial charge in [-0.3, -0.25) is 0 Å². The minimum absolute atomic E-state index is 0.135. The van der Waals surface area contributed by atoms with Gasteiger partial charge < -0.3 is 15.4 Å². The SMILES string of the molecule is COC(=O)c1ccc(CNC(=O)NC(C)c2ccc(Cl)cc2)cc1. The van der Waals surface area contributed by atoms with E-state index in [0.717, 1.165) is 11.1 Å². The van der Waals surface area contributed by atoms with Crippen LogP contribution < -0.4 is 10.6 Å². The van der Waals surface area contributed by atoms with Gasteiger partial charge in [-0.15, -0.1) is 0 Å². The summed E-state index contributed by atoms with van der Waals surface area (Å²) < 4.78 is 4.64. The van der Waals surface area contributed by atoms with Crippen molar-refractivity contribution < 1.29 is 14.3 Å². The summed E-state index contributed by atoms with van der Waals surface area (Å²) in [6.07, 6.45) is 0. The molecule has 0 aliphatic carbocycles. The van der Waals surface area contributed by atoms with Crippen molar-refractivity contribution in [1.29, 1.82) is 0 Å². The maximum atomic E-state index is 12.0. The number of hydrogen-bond donors (Lipinski definition) is 2. The standard InChI is InChI=1S/C18H19ClN2O3/c1-12(14-7-9-16(19)10-8-14)21-18(23)20-11-13-3-5-15(6-4-13)17(22)24-2/h3-10,12H,11H2,1-2H3,(H2,20,21,23). The maximum absolute atomic E-state index is 12.0. The number of rotatable bonds is 5. The van der Waals surface area contributed by atoms with E-state index in [4.69, 9.17) is 11.6 Å². The van der Waals surface area contributed by atoms with E-state index in [2.05, 4.69) is 15.4 Å². The molecule has 24 heavy (non-hydrogen) atoms. The minimum Gasteiger partial charge on any atom is -0.465 e. The van der Waals surface area contributed by atoms with Crippen molar-refractivity contribution in [3.8, 4) is 0 Å². The molecule has 126 valence electrons. The third kappa shape index (κ3) is 4.99. The normalized spacial score (nSPS) is 11.5. The molecule has 0 fully saturated rings. The fourth-order valence-corrected chi connectivity index (χ4v) is 2.27. The van der Waals surface area contributed by atoms with Gasteiger partial charge in [0.25, 0.3) is 0 Å². The van der Waals surface area contributed by atoms with E-state index in [1.54, 1.807) is 36.4 Å². The Morgan fingerprint density at radius 2 is 1.71 bits per heavy atom. The fraction of sp³-hybridized carbons (Fsp3) is 0.222. The third-order valence-corrected chi connectivity index (χ3v) is 3.80. The van der Waals surface area contributed by atoms with Gasteiger partial charge in [-0.1, -0.05) is 35.9 Å². The number of methoxy groups -OCH3 is 1. The van der Waals surface area contributed by atoms with Crippen LogP contribution in [0, 0.1) is 0 Å². The first kappa shape index (κ1) is 17.8. The molecule has 2 N–H and O–H groups in total. The first-order valence-corrected chi connectivity index (χ1v) is 7.84. The number of carbonyl (C=O) groups is 2. The van der Waals surface area contributed by atoms with Gasteiger partial charge in [0.1, 0.15) is 0 Å². The van der Waals surface area contributed by atoms with Gasteiger partial charge >= 0.3 is 12.0 Å². The second kappa shape index (κ2) is 8.36. The number of ether oxygens (including phenoxy) is 1. The lowest BCUT2D eigenvalue weighted by atomic mass is 10.1. The number of urea groups is 1. The highest BCUT2D eigenvalue weighted by Gasteiger charge is 2.09. The maximum Gasteiger partial charge on any atom is 0.337 e. The smallest absolute Gasteiger partial charge is 0.337 e. The molecule has 6 heteroatoms.